The zero-order valence-electron chi connectivity index (χ0n) is 14.2. The van der Waals surface area contributed by atoms with Crippen LogP contribution in [-0.2, 0) is 11.3 Å². The van der Waals surface area contributed by atoms with Crippen LogP contribution in [0.25, 0.3) is 5.82 Å². The van der Waals surface area contributed by atoms with Gasteiger partial charge in [0.05, 0.1) is 18.4 Å². The number of carbonyl (C=O) groups excluding carboxylic acids is 1. The third-order valence-electron chi connectivity index (χ3n) is 3.43. The molecule has 0 aliphatic rings. The van der Waals surface area contributed by atoms with Crippen LogP contribution in [0, 0.1) is 11.6 Å². The maximum atomic E-state index is 13.3. The van der Waals surface area contributed by atoms with E-state index in [4.69, 9.17) is 9.47 Å². The molecule has 0 unspecified atom stereocenters. The van der Waals surface area contributed by atoms with Crippen LogP contribution in [0.3, 0.4) is 0 Å². The van der Waals surface area contributed by atoms with Gasteiger partial charge in [0, 0.05) is 22.9 Å². The SMILES string of the molecule is CCOC(=O)c1cnn(-c2ncc(Br)cc2OCc2cc(F)cc(F)c2)c1. The summed E-state index contributed by atoms with van der Waals surface area (Å²) < 4.78 is 39.3. The highest BCUT2D eigenvalue weighted by atomic mass is 79.9. The molecule has 0 spiro atoms. The molecule has 0 saturated carbocycles. The van der Waals surface area contributed by atoms with Crippen molar-refractivity contribution in [2.24, 2.45) is 0 Å². The molecular weight excluding hydrogens is 424 g/mol. The number of benzene rings is 1. The van der Waals surface area contributed by atoms with Crippen molar-refractivity contribution >= 4 is 21.9 Å². The van der Waals surface area contributed by atoms with Gasteiger partial charge < -0.3 is 9.47 Å². The molecule has 2 heterocycles. The summed E-state index contributed by atoms with van der Waals surface area (Å²) in [5.74, 6) is -1.25. The first-order valence-corrected chi connectivity index (χ1v) is 8.71. The van der Waals surface area contributed by atoms with Gasteiger partial charge in [-0.1, -0.05) is 0 Å². The van der Waals surface area contributed by atoms with E-state index >= 15 is 0 Å². The van der Waals surface area contributed by atoms with Crippen molar-refractivity contribution in [3.8, 4) is 11.6 Å². The minimum atomic E-state index is -0.688. The van der Waals surface area contributed by atoms with E-state index in [-0.39, 0.29) is 18.8 Å². The van der Waals surface area contributed by atoms with Crippen LogP contribution in [0.2, 0.25) is 0 Å². The number of hydrogen-bond donors (Lipinski definition) is 0. The summed E-state index contributed by atoms with van der Waals surface area (Å²) in [5, 5.41) is 4.10. The smallest absolute Gasteiger partial charge is 0.341 e. The molecule has 0 aliphatic carbocycles. The van der Waals surface area contributed by atoms with Crippen molar-refractivity contribution in [2.75, 3.05) is 6.61 Å². The van der Waals surface area contributed by atoms with Crippen LogP contribution in [0.15, 0.2) is 47.3 Å². The first-order chi connectivity index (χ1) is 13.0. The molecule has 2 aromatic heterocycles. The fourth-order valence-electron chi connectivity index (χ4n) is 2.31. The number of halogens is 3. The number of carbonyl (C=O) groups is 1. The predicted molar refractivity (Wildman–Crippen MR) is 95.7 cm³/mol. The van der Waals surface area contributed by atoms with Crippen molar-refractivity contribution in [1.82, 2.24) is 14.8 Å². The average Bonchev–Trinajstić information content (AvgIpc) is 3.09. The molecule has 0 N–H and O–H groups in total. The van der Waals surface area contributed by atoms with E-state index in [0.717, 1.165) is 6.07 Å². The Morgan fingerprint density at radius 2 is 1.93 bits per heavy atom. The Morgan fingerprint density at radius 1 is 1.19 bits per heavy atom. The van der Waals surface area contributed by atoms with Crippen molar-refractivity contribution in [1.29, 1.82) is 0 Å². The van der Waals surface area contributed by atoms with E-state index in [1.54, 1.807) is 13.0 Å². The van der Waals surface area contributed by atoms with Crippen LogP contribution in [-0.4, -0.2) is 27.3 Å². The Labute approximate surface area is 161 Å². The summed E-state index contributed by atoms with van der Waals surface area (Å²) >= 11 is 3.30. The first-order valence-electron chi connectivity index (χ1n) is 7.91. The van der Waals surface area contributed by atoms with Crippen LogP contribution in [0.1, 0.15) is 22.8 Å². The Morgan fingerprint density at radius 3 is 2.63 bits per heavy atom. The number of esters is 1. The molecule has 3 rings (SSSR count). The topological polar surface area (TPSA) is 66.2 Å². The molecule has 3 aromatic rings. The highest BCUT2D eigenvalue weighted by Crippen LogP contribution is 2.26. The van der Waals surface area contributed by atoms with Gasteiger partial charge in [0.2, 0.25) is 0 Å². The average molecular weight is 438 g/mol. The lowest BCUT2D eigenvalue weighted by atomic mass is 10.2. The normalized spacial score (nSPS) is 10.7. The molecule has 0 atom stereocenters. The van der Waals surface area contributed by atoms with Crippen molar-refractivity contribution in [3.05, 3.63) is 70.1 Å². The summed E-state index contributed by atoms with van der Waals surface area (Å²) in [6.07, 6.45) is 4.35. The largest absolute Gasteiger partial charge is 0.485 e. The minimum absolute atomic E-state index is 0.0776. The van der Waals surface area contributed by atoms with Gasteiger partial charge in [-0.05, 0) is 46.6 Å². The molecular formula is C18H14BrF2N3O3. The van der Waals surface area contributed by atoms with E-state index in [2.05, 4.69) is 26.0 Å². The maximum absolute atomic E-state index is 13.3. The van der Waals surface area contributed by atoms with E-state index in [1.807, 2.05) is 0 Å². The van der Waals surface area contributed by atoms with E-state index in [0.29, 0.717) is 21.6 Å². The van der Waals surface area contributed by atoms with Crippen molar-refractivity contribution in [2.45, 2.75) is 13.5 Å². The van der Waals surface area contributed by atoms with Crippen molar-refractivity contribution in [3.63, 3.8) is 0 Å². The van der Waals surface area contributed by atoms with Gasteiger partial charge >= 0.3 is 5.97 Å². The highest BCUT2D eigenvalue weighted by Gasteiger charge is 2.15. The third-order valence-corrected chi connectivity index (χ3v) is 3.86. The fourth-order valence-corrected chi connectivity index (χ4v) is 2.62. The lowest BCUT2D eigenvalue weighted by Gasteiger charge is -2.11. The molecule has 0 bridgehead atoms. The minimum Gasteiger partial charge on any atom is -0.485 e. The molecule has 0 radical (unpaired) electrons. The van der Waals surface area contributed by atoms with Crippen LogP contribution in [0.4, 0.5) is 8.78 Å². The third kappa shape index (κ3) is 4.68. The van der Waals surface area contributed by atoms with Gasteiger partial charge in [0.15, 0.2) is 11.6 Å². The lowest BCUT2D eigenvalue weighted by Crippen LogP contribution is -2.05. The number of aromatic nitrogens is 3. The van der Waals surface area contributed by atoms with Gasteiger partial charge in [-0.2, -0.15) is 5.10 Å². The second-order valence-electron chi connectivity index (χ2n) is 5.44. The Hall–Kier alpha value is -2.81. The van der Waals surface area contributed by atoms with Crippen LogP contribution < -0.4 is 4.74 Å². The molecule has 6 nitrogen and oxygen atoms in total. The molecule has 0 aliphatic heterocycles. The summed E-state index contributed by atoms with van der Waals surface area (Å²) in [4.78, 5) is 16.0. The molecule has 0 fully saturated rings. The van der Waals surface area contributed by atoms with Gasteiger partial charge in [0.1, 0.15) is 18.2 Å². The van der Waals surface area contributed by atoms with Gasteiger partial charge in [-0.3, -0.25) is 0 Å². The second-order valence-corrected chi connectivity index (χ2v) is 6.35. The molecule has 9 heteroatoms. The Bertz CT molecular complexity index is 958. The zero-order valence-corrected chi connectivity index (χ0v) is 15.7. The number of hydrogen-bond acceptors (Lipinski definition) is 5. The highest BCUT2D eigenvalue weighted by molar-refractivity contribution is 9.10. The van der Waals surface area contributed by atoms with Gasteiger partial charge in [-0.25, -0.2) is 23.2 Å². The molecule has 1 aromatic carbocycles. The van der Waals surface area contributed by atoms with E-state index < -0.39 is 17.6 Å². The summed E-state index contributed by atoms with van der Waals surface area (Å²) in [6, 6.07) is 4.79. The summed E-state index contributed by atoms with van der Waals surface area (Å²) in [5.41, 5.74) is 0.589. The van der Waals surface area contributed by atoms with Gasteiger partial charge in [-0.15, -0.1) is 0 Å². The standard InChI is InChI=1S/C18H14BrF2N3O3/c1-2-26-18(25)12-7-23-24(9-12)17-16(5-13(19)8-22-17)27-10-11-3-14(20)6-15(21)4-11/h3-9H,2,10H2,1H3. The molecule has 27 heavy (non-hydrogen) atoms. The van der Waals surface area contributed by atoms with Gasteiger partial charge in [0.25, 0.3) is 0 Å². The molecule has 0 saturated heterocycles. The zero-order chi connectivity index (χ0) is 19.4. The molecule has 0 amide bonds. The Kier molecular flexibility index (Phi) is 5.80. The maximum Gasteiger partial charge on any atom is 0.341 e. The quantitative estimate of drug-likeness (QED) is 0.543. The predicted octanol–water partition coefficient (Wildman–Crippen LogP) is 4.06. The van der Waals surface area contributed by atoms with E-state index in [9.17, 15) is 13.6 Å². The monoisotopic (exact) mass is 437 g/mol. The number of rotatable bonds is 6. The summed E-state index contributed by atoms with van der Waals surface area (Å²) in [7, 11) is 0. The second kappa shape index (κ2) is 8.26. The number of ether oxygens (including phenoxy) is 2. The lowest BCUT2D eigenvalue weighted by molar-refractivity contribution is 0.0526. The number of pyridine rings is 1. The van der Waals surface area contributed by atoms with Crippen molar-refractivity contribution < 1.29 is 23.0 Å². The Balaban J connectivity index is 1.86. The van der Waals surface area contributed by atoms with Crippen LogP contribution in [0.5, 0.6) is 5.75 Å². The number of nitrogens with zero attached hydrogens (tertiary/aromatic N) is 3. The first kappa shape index (κ1) is 19.0. The van der Waals surface area contributed by atoms with Crippen LogP contribution >= 0.6 is 15.9 Å². The van der Waals surface area contributed by atoms with E-state index in [1.165, 1.54) is 35.4 Å². The summed E-state index contributed by atoms with van der Waals surface area (Å²) in [6.45, 7) is 1.88. The fraction of sp³-hybridized carbons (Fsp3) is 0.167. The molecule has 140 valence electrons.